The summed E-state index contributed by atoms with van der Waals surface area (Å²) in [7, 11) is 0. The molecule has 0 radical (unpaired) electrons. The summed E-state index contributed by atoms with van der Waals surface area (Å²) in [6.45, 7) is 5.94. The van der Waals surface area contributed by atoms with Crippen molar-refractivity contribution in [1.29, 1.82) is 0 Å². The lowest BCUT2D eigenvalue weighted by molar-refractivity contribution is -0.156. The molecular formula is C27H31NO3. The molecule has 0 bridgehead atoms. The molecule has 162 valence electrons. The van der Waals surface area contributed by atoms with E-state index in [-0.39, 0.29) is 25.1 Å². The highest BCUT2D eigenvalue weighted by Crippen LogP contribution is 2.30. The monoisotopic (exact) mass is 417 g/mol. The van der Waals surface area contributed by atoms with Crippen LogP contribution < -0.4 is 0 Å². The molecule has 4 heteroatoms. The molecule has 0 saturated heterocycles. The van der Waals surface area contributed by atoms with Crippen LogP contribution in [0.5, 0.6) is 0 Å². The molecule has 0 heterocycles. The van der Waals surface area contributed by atoms with Gasteiger partial charge in [0.2, 0.25) is 0 Å². The predicted molar refractivity (Wildman–Crippen MR) is 124 cm³/mol. The Labute approximate surface area is 185 Å². The smallest absolute Gasteiger partial charge is 0.320 e. The molecule has 0 aliphatic heterocycles. The van der Waals surface area contributed by atoms with Gasteiger partial charge in [0.05, 0.1) is 18.7 Å². The zero-order valence-corrected chi connectivity index (χ0v) is 18.4. The van der Waals surface area contributed by atoms with Gasteiger partial charge in [-0.05, 0) is 37.5 Å². The fourth-order valence-corrected chi connectivity index (χ4v) is 3.69. The van der Waals surface area contributed by atoms with Gasteiger partial charge in [0, 0.05) is 6.54 Å². The van der Waals surface area contributed by atoms with Crippen LogP contribution in [0.15, 0.2) is 91.0 Å². The second-order valence-corrected chi connectivity index (χ2v) is 8.67. The maximum absolute atomic E-state index is 12.8. The van der Waals surface area contributed by atoms with Gasteiger partial charge in [0.1, 0.15) is 5.60 Å². The van der Waals surface area contributed by atoms with Crippen molar-refractivity contribution in [2.75, 3.05) is 13.1 Å². The Morgan fingerprint density at radius 3 is 1.65 bits per heavy atom. The number of carbonyl (C=O) groups is 1. The van der Waals surface area contributed by atoms with Crippen LogP contribution >= 0.6 is 0 Å². The van der Waals surface area contributed by atoms with E-state index in [2.05, 4.69) is 24.3 Å². The van der Waals surface area contributed by atoms with Crippen molar-refractivity contribution in [2.24, 2.45) is 0 Å². The first-order chi connectivity index (χ1) is 14.8. The Morgan fingerprint density at radius 1 is 0.806 bits per heavy atom. The van der Waals surface area contributed by atoms with Crippen LogP contribution in [0.3, 0.4) is 0 Å². The van der Waals surface area contributed by atoms with Gasteiger partial charge in [0.25, 0.3) is 0 Å². The molecule has 0 spiro atoms. The molecule has 0 amide bonds. The van der Waals surface area contributed by atoms with Crippen LogP contribution in [-0.4, -0.2) is 34.7 Å². The SMILES string of the molecule is CC(C)(C)OC(=O)CN(CC(O)c1ccccc1)C(c1ccccc1)c1ccccc1. The molecule has 0 aliphatic rings. The predicted octanol–water partition coefficient (Wildman–Crippen LogP) is 5.15. The molecule has 1 N–H and O–H groups in total. The normalized spacial score (nSPS) is 12.7. The van der Waals surface area contributed by atoms with E-state index < -0.39 is 11.7 Å². The molecule has 31 heavy (non-hydrogen) atoms. The van der Waals surface area contributed by atoms with Crippen molar-refractivity contribution in [3.05, 3.63) is 108 Å². The standard InChI is InChI=1S/C27H31NO3/c1-27(2,3)31-25(30)20-28(19-24(29)21-13-7-4-8-14-21)26(22-15-9-5-10-16-22)23-17-11-6-12-18-23/h4-18,24,26,29H,19-20H2,1-3H3. The zero-order valence-electron chi connectivity index (χ0n) is 18.4. The lowest BCUT2D eigenvalue weighted by Crippen LogP contribution is -2.40. The van der Waals surface area contributed by atoms with Crippen molar-refractivity contribution in [3.8, 4) is 0 Å². The third kappa shape index (κ3) is 6.78. The van der Waals surface area contributed by atoms with Gasteiger partial charge in [-0.3, -0.25) is 9.69 Å². The van der Waals surface area contributed by atoms with Crippen molar-refractivity contribution >= 4 is 5.97 Å². The number of benzene rings is 3. The summed E-state index contributed by atoms with van der Waals surface area (Å²) in [5.41, 5.74) is 2.35. The second kappa shape index (κ2) is 10.4. The third-order valence-corrected chi connectivity index (χ3v) is 4.94. The van der Waals surface area contributed by atoms with E-state index in [9.17, 15) is 9.90 Å². The molecule has 1 unspecified atom stereocenters. The van der Waals surface area contributed by atoms with E-state index in [1.807, 2.05) is 92.4 Å². The first kappa shape index (κ1) is 22.7. The minimum Gasteiger partial charge on any atom is -0.459 e. The van der Waals surface area contributed by atoms with E-state index in [0.29, 0.717) is 0 Å². The summed E-state index contributed by atoms with van der Waals surface area (Å²) in [5, 5.41) is 11.0. The maximum Gasteiger partial charge on any atom is 0.320 e. The molecule has 0 saturated carbocycles. The number of hydrogen-bond donors (Lipinski definition) is 1. The largest absolute Gasteiger partial charge is 0.459 e. The van der Waals surface area contributed by atoms with Crippen LogP contribution in [0.25, 0.3) is 0 Å². The number of carbonyl (C=O) groups excluding carboxylic acids is 1. The average Bonchev–Trinajstić information content (AvgIpc) is 2.74. The second-order valence-electron chi connectivity index (χ2n) is 8.67. The molecule has 0 aliphatic carbocycles. The molecule has 3 rings (SSSR count). The zero-order chi connectivity index (χ0) is 22.3. The highest BCUT2D eigenvalue weighted by molar-refractivity contribution is 5.72. The van der Waals surface area contributed by atoms with Crippen LogP contribution in [0.1, 0.15) is 49.6 Å². The van der Waals surface area contributed by atoms with Crippen molar-refractivity contribution < 1.29 is 14.6 Å². The average molecular weight is 418 g/mol. The summed E-state index contributed by atoms with van der Waals surface area (Å²) in [6.07, 6.45) is -0.737. The van der Waals surface area contributed by atoms with E-state index in [4.69, 9.17) is 4.74 Å². The number of aliphatic hydroxyl groups excluding tert-OH is 1. The van der Waals surface area contributed by atoms with Crippen molar-refractivity contribution in [1.82, 2.24) is 4.90 Å². The lowest BCUT2D eigenvalue weighted by atomic mass is 9.96. The minimum atomic E-state index is -0.737. The molecule has 4 nitrogen and oxygen atoms in total. The number of esters is 1. The minimum absolute atomic E-state index is 0.0651. The number of rotatable bonds is 8. The summed E-state index contributed by atoms with van der Waals surface area (Å²) >= 11 is 0. The van der Waals surface area contributed by atoms with Crippen LogP contribution in [0, 0.1) is 0 Å². The highest BCUT2D eigenvalue weighted by atomic mass is 16.6. The quantitative estimate of drug-likeness (QED) is 0.515. The van der Waals surface area contributed by atoms with Crippen LogP contribution in [-0.2, 0) is 9.53 Å². The fourth-order valence-electron chi connectivity index (χ4n) is 3.69. The molecule has 1 atom stereocenters. The van der Waals surface area contributed by atoms with Gasteiger partial charge < -0.3 is 9.84 Å². The Balaban J connectivity index is 1.97. The fraction of sp³-hybridized carbons (Fsp3) is 0.296. The Bertz CT molecular complexity index is 897. The maximum atomic E-state index is 12.8. The van der Waals surface area contributed by atoms with Crippen LogP contribution in [0.2, 0.25) is 0 Å². The van der Waals surface area contributed by atoms with Gasteiger partial charge in [0.15, 0.2) is 0 Å². The molecule has 0 aromatic heterocycles. The first-order valence-corrected chi connectivity index (χ1v) is 10.6. The number of aliphatic hydroxyl groups is 1. The Kier molecular flexibility index (Phi) is 7.61. The summed E-state index contributed by atoms with van der Waals surface area (Å²) < 4.78 is 5.62. The van der Waals surface area contributed by atoms with Gasteiger partial charge >= 0.3 is 5.97 Å². The van der Waals surface area contributed by atoms with Gasteiger partial charge in [-0.15, -0.1) is 0 Å². The third-order valence-electron chi connectivity index (χ3n) is 4.94. The van der Waals surface area contributed by atoms with Crippen LogP contribution in [0.4, 0.5) is 0 Å². The Hall–Kier alpha value is -2.95. The number of hydrogen-bond acceptors (Lipinski definition) is 4. The summed E-state index contributed by atoms with van der Waals surface area (Å²) in [5.74, 6) is -0.315. The first-order valence-electron chi connectivity index (χ1n) is 10.6. The van der Waals surface area contributed by atoms with Gasteiger partial charge in [-0.2, -0.15) is 0 Å². The molecular weight excluding hydrogens is 386 g/mol. The lowest BCUT2D eigenvalue weighted by Gasteiger charge is -2.34. The molecule has 3 aromatic rings. The number of nitrogens with zero attached hydrogens (tertiary/aromatic N) is 1. The molecule has 3 aromatic carbocycles. The van der Waals surface area contributed by atoms with Gasteiger partial charge in [-0.1, -0.05) is 91.0 Å². The highest BCUT2D eigenvalue weighted by Gasteiger charge is 2.28. The summed E-state index contributed by atoms with van der Waals surface area (Å²) in [6, 6.07) is 29.4. The van der Waals surface area contributed by atoms with E-state index >= 15 is 0 Å². The molecule has 0 fully saturated rings. The van der Waals surface area contributed by atoms with Crippen molar-refractivity contribution in [2.45, 2.75) is 38.5 Å². The van der Waals surface area contributed by atoms with E-state index in [1.54, 1.807) is 0 Å². The Morgan fingerprint density at radius 2 is 1.23 bits per heavy atom. The van der Waals surface area contributed by atoms with Gasteiger partial charge in [-0.25, -0.2) is 0 Å². The van der Waals surface area contributed by atoms with E-state index in [1.165, 1.54) is 0 Å². The number of ether oxygens (including phenoxy) is 1. The van der Waals surface area contributed by atoms with Crippen molar-refractivity contribution in [3.63, 3.8) is 0 Å². The summed E-state index contributed by atoms with van der Waals surface area (Å²) in [4.78, 5) is 14.8. The van der Waals surface area contributed by atoms with E-state index in [0.717, 1.165) is 16.7 Å². The topological polar surface area (TPSA) is 49.8 Å².